The molecule has 7 nitrogen and oxygen atoms in total. The number of methoxy groups -OCH3 is 1. The number of carbonyl (C=O) groups excluding carboxylic acids is 1. The molecule has 0 radical (unpaired) electrons. The molecule has 0 spiro atoms. The fraction of sp³-hybridized carbons (Fsp3) is 0.476. The summed E-state index contributed by atoms with van der Waals surface area (Å²) in [6.45, 7) is 4.65. The Morgan fingerprint density at radius 1 is 1.14 bits per heavy atom. The Kier molecular flexibility index (Phi) is 6.64. The van der Waals surface area contributed by atoms with Crippen molar-refractivity contribution < 1.29 is 22.4 Å². The van der Waals surface area contributed by atoms with Gasteiger partial charge in [0.2, 0.25) is 10.0 Å². The minimum absolute atomic E-state index is 0.104. The van der Waals surface area contributed by atoms with Crippen LogP contribution in [0.25, 0.3) is 0 Å². The topological polar surface area (TPSA) is 88.9 Å². The molecule has 2 heterocycles. The molecule has 1 amide bonds. The Bertz CT molecular complexity index is 959. The molecule has 1 aliphatic heterocycles. The van der Waals surface area contributed by atoms with Crippen molar-refractivity contribution in [2.45, 2.75) is 50.5 Å². The maximum absolute atomic E-state index is 13.1. The third-order valence-corrected chi connectivity index (χ3v) is 7.05. The van der Waals surface area contributed by atoms with Gasteiger partial charge in [0.05, 0.1) is 23.6 Å². The fourth-order valence-electron chi connectivity index (χ4n) is 3.49. The van der Waals surface area contributed by atoms with E-state index in [4.69, 9.17) is 9.15 Å². The molecule has 1 atom stereocenters. The van der Waals surface area contributed by atoms with Crippen LogP contribution in [0.15, 0.2) is 39.6 Å². The highest BCUT2D eigenvalue weighted by molar-refractivity contribution is 7.89. The smallest absolute Gasteiger partial charge is 0.255 e. The summed E-state index contributed by atoms with van der Waals surface area (Å²) in [5.41, 5.74) is 0.179. The lowest BCUT2D eigenvalue weighted by Gasteiger charge is -2.21. The van der Waals surface area contributed by atoms with Crippen LogP contribution in [-0.4, -0.2) is 38.8 Å². The lowest BCUT2D eigenvalue weighted by molar-refractivity contribution is 0.0932. The average Bonchev–Trinajstić information content (AvgIpc) is 2.96. The predicted molar refractivity (Wildman–Crippen MR) is 110 cm³/mol. The largest absolute Gasteiger partial charge is 0.496 e. The maximum atomic E-state index is 13.1. The number of carbonyl (C=O) groups is 1. The molecular weight excluding hydrogens is 392 g/mol. The van der Waals surface area contributed by atoms with Gasteiger partial charge in [0.25, 0.3) is 5.91 Å². The van der Waals surface area contributed by atoms with Crippen LogP contribution < -0.4 is 10.1 Å². The zero-order valence-corrected chi connectivity index (χ0v) is 17.9. The van der Waals surface area contributed by atoms with E-state index in [0.717, 1.165) is 31.4 Å². The third kappa shape index (κ3) is 4.82. The molecule has 1 unspecified atom stereocenters. The van der Waals surface area contributed by atoms with E-state index in [1.807, 2.05) is 13.0 Å². The van der Waals surface area contributed by atoms with Crippen LogP contribution in [0.5, 0.6) is 5.75 Å². The molecule has 1 N–H and O–H groups in total. The third-order valence-electron chi connectivity index (χ3n) is 5.15. The molecule has 3 rings (SSSR count). The summed E-state index contributed by atoms with van der Waals surface area (Å²) in [6, 6.07) is 7.68. The first kappa shape index (κ1) is 21.4. The van der Waals surface area contributed by atoms with Crippen LogP contribution in [0.3, 0.4) is 0 Å². The van der Waals surface area contributed by atoms with Crippen molar-refractivity contribution in [2.75, 3.05) is 20.2 Å². The number of hydrogen-bond acceptors (Lipinski definition) is 5. The molecule has 158 valence electrons. The summed E-state index contributed by atoms with van der Waals surface area (Å²) in [4.78, 5) is 13.0. The molecule has 2 aromatic rings. The van der Waals surface area contributed by atoms with Crippen molar-refractivity contribution in [1.29, 1.82) is 0 Å². The first-order chi connectivity index (χ1) is 13.8. The van der Waals surface area contributed by atoms with E-state index >= 15 is 0 Å². The van der Waals surface area contributed by atoms with E-state index in [9.17, 15) is 13.2 Å². The van der Waals surface area contributed by atoms with Gasteiger partial charge in [0.15, 0.2) is 0 Å². The Balaban J connectivity index is 1.87. The van der Waals surface area contributed by atoms with Gasteiger partial charge in [0.1, 0.15) is 17.3 Å². The zero-order chi connectivity index (χ0) is 21.0. The van der Waals surface area contributed by atoms with Gasteiger partial charge >= 0.3 is 0 Å². The number of amides is 1. The van der Waals surface area contributed by atoms with Crippen LogP contribution in [0.2, 0.25) is 0 Å². The predicted octanol–water partition coefficient (Wildman–Crippen LogP) is 3.65. The quantitative estimate of drug-likeness (QED) is 0.770. The number of furan rings is 1. The van der Waals surface area contributed by atoms with Gasteiger partial charge in [-0.05, 0) is 57.0 Å². The SMILES string of the molecule is COc1ccc(S(=O)(=O)N2CCCCCC2)cc1C(=O)NC(C)c1ccc(C)o1. The molecule has 0 saturated carbocycles. The molecule has 1 fully saturated rings. The standard InChI is InChI=1S/C21H28N2O5S/c1-15-8-10-19(28-15)16(2)22-21(24)18-14-17(9-11-20(18)27-3)29(25,26)23-12-6-4-5-7-13-23/h8-11,14,16H,4-7,12-13H2,1-3H3,(H,22,24). The van der Waals surface area contributed by atoms with E-state index in [0.29, 0.717) is 24.6 Å². The summed E-state index contributed by atoms with van der Waals surface area (Å²) >= 11 is 0. The van der Waals surface area contributed by atoms with Crippen LogP contribution in [0.4, 0.5) is 0 Å². The van der Waals surface area contributed by atoms with Crippen molar-refractivity contribution in [3.63, 3.8) is 0 Å². The average molecular weight is 421 g/mol. The Labute approximate surface area is 172 Å². The number of rotatable bonds is 6. The Hall–Kier alpha value is -2.32. The van der Waals surface area contributed by atoms with Crippen molar-refractivity contribution in [3.8, 4) is 5.75 Å². The highest BCUT2D eigenvalue weighted by Crippen LogP contribution is 2.27. The highest BCUT2D eigenvalue weighted by atomic mass is 32.2. The Morgan fingerprint density at radius 2 is 1.83 bits per heavy atom. The lowest BCUT2D eigenvalue weighted by Crippen LogP contribution is -2.32. The van der Waals surface area contributed by atoms with E-state index in [-0.39, 0.29) is 16.5 Å². The maximum Gasteiger partial charge on any atom is 0.255 e. The fourth-order valence-corrected chi connectivity index (χ4v) is 5.03. The number of aryl methyl sites for hydroxylation is 1. The van der Waals surface area contributed by atoms with Gasteiger partial charge in [-0.3, -0.25) is 4.79 Å². The molecular formula is C21H28N2O5S. The van der Waals surface area contributed by atoms with Gasteiger partial charge < -0.3 is 14.5 Å². The second-order valence-electron chi connectivity index (χ2n) is 7.32. The van der Waals surface area contributed by atoms with E-state index in [1.54, 1.807) is 13.0 Å². The molecule has 1 aromatic heterocycles. The van der Waals surface area contributed by atoms with Crippen molar-refractivity contribution >= 4 is 15.9 Å². The summed E-state index contributed by atoms with van der Waals surface area (Å²) < 4.78 is 38.6. The molecule has 1 aromatic carbocycles. The van der Waals surface area contributed by atoms with Gasteiger partial charge in [-0.25, -0.2) is 8.42 Å². The Morgan fingerprint density at radius 3 is 2.41 bits per heavy atom. The molecule has 1 aliphatic rings. The number of benzene rings is 1. The summed E-state index contributed by atoms with van der Waals surface area (Å²) in [5.74, 6) is 1.28. The minimum Gasteiger partial charge on any atom is -0.496 e. The summed E-state index contributed by atoms with van der Waals surface area (Å²) in [7, 11) is -2.21. The molecule has 0 aliphatic carbocycles. The van der Waals surface area contributed by atoms with Crippen LogP contribution in [-0.2, 0) is 10.0 Å². The number of sulfonamides is 1. The number of nitrogens with one attached hydrogen (secondary N) is 1. The zero-order valence-electron chi connectivity index (χ0n) is 17.1. The summed E-state index contributed by atoms with van der Waals surface area (Å²) in [6.07, 6.45) is 3.77. The molecule has 1 saturated heterocycles. The highest BCUT2D eigenvalue weighted by Gasteiger charge is 2.27. The second-order valence-corrected chi connectivity index (χ2v) is 9.26. The number of nitrogens with zero attached hydrogens (tertiary/aromatic N) is 1. The van der Waals surface area contributed by atoms with Gasteiger partial charge in [-0.2, -0.15) is 4.31 Å². The first-order valence-corrected chi connectivity index (χ1v) is 11.3. The minimum atomic E-state index is -3.66. The number of hydrogen-bond donors (Lipinski definition) is 1. The van der Waals surface area contributed by atoms with Crippen molar-refractivity contribution in [1.82, 2.24) is 9.62 Å². The molecule has 29 heavy (non-hydrogen) atoms. The van der Waals surface area contributed by atoms with Crippen molar-refractivity contribution in [3.05, 3.63) is 47.4 Å². The first-order valence-electron chi connectivity index (χ1n) is 9.88. The van der Waals surface area contributed by atoms with E-state index < -0.39 is 15.9 Å². The van der Waals surface area contributed by atoms with E-state index in [1.165, 1.54) is 29.6 Å². The van der Waals surface area contributed by atoms with Crippen LogP contribution >= 0.6 is 0 Å². The van der Waals surface area contributed by atoms with Crippen LogP contribution in [0.1, 0.15) is 60.5 Å². The molecule has 0 bridgehead atoms. The normalized spacial score (nSPS) is 16.8. The number of ether oxygens (including phenoxy) is 1. The summed E-state index contributed by atoms with van der Waals surface area (Å²) in [5, 5.41) is 2.85. The second kappa shape index (κ2) is 9.00. The van der Waals surface area contributed by atoms with Crippen LogP contribution in [0, 0.1) is 6.92 Å². The van der Waals surface area contributed by atoms with E-state index in [2.05, 4.69) is 5.32 Å². The lowest BCUT2D eigenvalue weighted by atomic mass is 10.1. The van der Waals surface area contributed by atoms with Gasteiger partial charge in [-0.15, -0.1) is 0 Å². The molecule has 8 heteroatoms. The van der Waals surface area contributed by atoms with Gasteiger partial charge in [0, 0.05) is 13.1 Å². The monoisotopic (exact) mass is 420 g/mol. The van der Waals surface area contributed by atoms with Crippen molar-refractivity contribution in [2.24, 2.45) is 0 Å². The van der Waals surface area contributed by atoms with Gasteiger partial charge in [-0.1, -0.05) is 12.8 Å².